The van der Waals surface area contributed by atoms with Gasteiger partial charge in [0.2, 0.25) is 0 Å². The number of hydrogen-bond acceptors (Lipinski definition) is 4. The molecule has 0 atom stereocenters. The van der Waals surface area contributed by atoms with Gasteiger partial charge in [-0.3, -0.25) is 9.89 Å². The van der Waals surface area contributed by atoms with Crippen molar-refractivity contribution in [1.82, 2.24) is 25.1 Å². The Morgan fingerprint density at radius 3 is 2.89 bits per heavy atom. The largest absolute Gasteiger partial charge is 0.496 e. The number of ether oxygens (including phenoxy) is 1. The minimum Gasteiger partial charge on any atom is -0.496 e. The molecule has 140 valence electrons. The van der Waals surface area contributed by atoms with Gasteiger partial charge in [-0.15, -0.1) is 0 Å². The average molecular weight is 365 g/mol. The molecule has 2 N–H and O–H groups in total. The summed E-state index contributed by atoms with van der Waals surface area (Å²) in [6.07, 6.45) is 6.03. The fourth-order valence-electron chi connectivity index (χ4n) is 3.30. The van der Waals surface area contributed by atoms with Gasteiger partial charge in [-0.05, 0) is 38.0 Å². The fourth-order valence-corrected chi connectivity index (χ4v) is 3.30. The summed E-state index contributed by atoms with van der Waals surface area (Å²) in [7, 11) is 1.62. The molecule has 0 unspecified atom stereocenters. The highest BCUT2D eigenvalue weighted by atomic mass is 16.5. The predicted octanol–water partition coefficient (Wildman–Crippen LogP) is 2.80. The van der Waals surface area contributed by atoms with Crippen LogP contribution in [0, 0.1) is 12.3 Å². The van der Waals surface area contributed by atoms with Crippen molar-refractivity contribution in [2.45, 2.75) is 26.3 Å². The van der Waals surface area contributed by atoms with E-state index in [2.05, 4.69) is 25.1 Å². The number of benzene rings is 1. The lowest BCUT2D eigenvalue weighted by molar-refractivity contribution is 0.0938. The number of para-hydroxylation sites is 1. The summed E-state index contributed by atoms with van der Waals surface area (Å²) < 4.78 is 7.52. The van der Waals surface area contributed by atoms with Gasteiger partial charge in [0.05, 0.1) is 12.8 Å². The van der Waals surface area contributed by atoms with Crippen molar-refractivity contribution in [2.75, 3.05) is 13.7 Å². The van der Waals surface area contributed by atoms with Crippen LogP contribution in [0.1, 0.15) is 29.2 Å². The van der Waals surface area contributed by atoms with Crippen molar-refractivity contribution in [1.29, 1.82) is 0 Å². The van der Waals surface area contributed by atoms with E-state index in [1.807, 2.05) is 43.6 Å². The molecule has 1 aliphatic rings. The topological polar surface area (TPSA) is 84.8 Å². The zero-order valence-electron chi connectivity index (χ0n) is 15.5. The van der Waals surface area contributed by atoms with Crippen LogP contribution < -0.4 is 10.1 Å². The highest BCUT2D eigenvalue weighted by molar-refractivity contribution is 5.93. The maximum atomic E-state index is 12.6. The van der Waals surface area contributed by atoms with Gasteiger partial charge in [-0.1, -0.05) is 12.1 Å². The van der Waals surface area contributed by atoms with Crippen LogP contribution in [0.4, 0.5) is 0 Å². The summed E-state index contributed by atoms with van der Waals surface area (Å²) in [5.41, 5.74) is 2.12. The normalized spacial score (nSPS) is 14.7. The van der Waals surface area contributed by atoms with Crippen molar-refractivity contribution in [3.63, 3.8) is 0 Å². The van der Waals surface area contributed by atoms with Gasteiger partial charge < -0.3 is 14.6 Å². The van der Waals surface area contributed by atoms with E-state index in [4.69, 9.17) is 4.74 Å². The predicted molar refractivity (Wildman–Crippen MR) is 102 cm³/mol. The van der Waals surface area contributed by atoms with Crippen molar-refractivity contribution in [3.8, 4) is 17.0 Å². The first-order chi connectivity index (χ1) is 13.1. The fraction of sp³-hybridized carbons (Fsp3) is 0.350. The van der Waals surface area contributed by atoms with Crippen molar-refractivity contribution in [2.24, 2.45) is 5.41 Å². The molecule has 7 nitrogen and oxygen atoms in total. The highest BCUT2D eigenvalue weighted by Crippen LogP contribution is 2.46. The molecular formula is C20H23N5O2. The van der Waals surface area contributed by atoms with Crippen LogP contribution in [0.2, 0.25) is 0 Å². The van der Waals surface area contributed by atoms with E-state index in [0.29, 0.717) is 17.9 Å². The molecule has 0 bridgehead atoms. The molecule has 2 heterocycles. The molecule has 7 heteroatoms. The van der Waals surface area contributed by atoms with E-state index in [9.17, 15) is 4.79 Å². The van der Waals surface area contributed by atoms with E-state index in [1.54, 1.807) is 13.2 Å². The molecule has 27 heavy (non-hydrogen) atoms. The number of carbonyl (C=O) groups excluding carboxylic acids is 1. The Hall–Kier alpha value is -3.09. The van der Waals surface area contributed by atoms with E-state index in [-0.39, 0.29) is 11.3 Å². The number of nitrogens with zero attached hydrogens (tertiary/aromatic N) is 3. The number of hydrogen-bond donors (Lipinski definition) is 2. The minimum absolute atomic E-state index is 0.132. The Morgan fingerprint density at radius 2 is 2.19 bits per heavy atom. The third-order valence-electron chi connectivity index (χ3n) is 5.22. The van der Waals surface area contributed by atoms with E-state index < -0.39 is 0 Å². The summed E-state index contributed by atoms with van der Waals surface area (Å²) in [5.74, 6) is 1.59. The molecule has 1 amide bonds. The van der Waals surface area contributed by atoms with Crippen molar-refractivity contribution < 1.29 is 9.53 Å². The molecule has 1 aliphatic carbocycles. The quantitative estimate of drug-likeness (QED) is 0.674. The second kappa shape index (κ2) is 6.90. The Kier molecular flexibility index (Phi) is 4.43. The lowest BCUT2D eigenvalue weighted by Gasteiger charge is -2.17. The lowest BCUT2D eigenvalue weighted by Crippen LogP contribution is -2.32. The molecular weight excluding hydrogens is 342 g/mol. The third kappa shape index (κ3) is 3.58. The summed E-state index contributed by atoms with van der Waals surface area (Å²) >= 11 is 0. The van der Waals surface area contributed by atoms with Gasteiger partial charge in [0.25, 0.3) is 5.91 Å². The van der Waals surface area contributed by atoms with Crippen LogP contribution in [-0.4, -0.2) is 39.3 Å². The smallest absolute Gasteiger partial charge is 0.269 e. The summed E-state index contributed by atoms with van der Waals surface area (Å²) in [6.45, 7) is 3.53. The molecule has 3 aromatic rings. The van der Waals surface area contributed by atoms with Gasteiger partial charge >= 0.3 is 0 Å². The lowest BCUT2D eigenvalue weighted by atomic mass is 10.1. The molecule has 2 aromatic heterocycles. The minimum atomic E-state index is -0.141. The third-order valence-corrected chi connectivity index (χ3v) is 5.22. The molecule has 1 aromatic carbocycles. The Labute approximate surface area is 157 Å². The Morgan fingerprint density at radius 1 is 1.37 bits per heavy atom. The van der Waals surface area contributed by atoms with Crippen LogP contribution >= 0.6 is 0 Å². The van der Waals surface area contributed by atoms with Crippen LogP contribution in [0.5, 0.6) is 5.75 Å². The zero-order valence-corrected chi connectivity index (χ0v) is 15.5. The first-order valence-corrected chi connectivity index (χ1v) is 9.05. The number of imidazole rings is 1. The monoisotopic (exact) mass is 365 g/mol. The standard InChI is InChI=1S/C20H23N5O2/c1-14-21-9-10-25(14)13-20(7-8-20)12-22-19(26)17-11-16(23-24-17)15-5-3-4-6-18(15)27-2/h3-6,9-11H,7-8,12-13H2,1-2H3,(H,22,26)(H,23,24). The van der Waals surface area contributed by atoms with E-state index in [1.165, 1.54) is 0 Å². The van der Waals surface area contributed by atoms with Gasteiger partial charge in [0.15, 0.2) is 0 Å². The number of H-pyrrole nitrogens is 1. The van der Waals surface area contributed by atoms with Crippen LogP contribution in [-0.2, 0) is 6.54 Å². The van der Waals surface area contributed by atoms with Crippen LogP contribution in [0.25, 0.3) is 11.3 Å². The molecule has 4 rings (SSSR count). The summed E-state index contributed by atoms with van der Waals surface area (Å²) in [4.78, 5) is 16.8. The second-order valence-electron chi connectivity index (χ2n) is 7.15. The van der Waals surface area contributed by atoms with E-state index >= 15 is 0 Å². The molecule has 0 aliphatic heterocycles. The zero-order chi connectivity index (χ0) is 18.9. The maximum absolute atomic E-state index is 12.6. The van der Waals surface area contributed by atoms with Gasteiger partial charge in [0.1, 0.15) is 17.3 Å². The average Bonchev–Trinajstić information content (AvgIpc) is 3.08. The van der Waals surface area contributed by atoms with Gasteiger partial charge in [0, 0.05) is 36.5 Å². The molecule has 0 radical (unpaired) electrons. The summed E-state index contributed by atoms with van der Waals surface area (Å²) in [5, 5.41) is 10.2. The van der Waals surface area contributed by atoms with Crippen LogP contribution in [0.15, 0.2) is 42.7 Å². The van der Waals surface area contributed by atoms with Crippen molar-refractivity contribution >= 4 is 5.91 Å². The molecule has 1 saturated carbocycles. The SMILES string of the molecule is COc1ccccc1-c1cc(C(=O)NCC2(Cn3ccnc3C)CC2)[nH]n1. The number of rotatable bonds is 7. The number of aryl methyl sites for hydroxylation is 1. The van der Waals surface area contributed by atoms with E-state index in [0.717, 1.165) is 36.5 Å². The summed E-state index contributed by atoms with van der Waals surface area (Å²) in [6, 6.07) is 9.37. The number of nitrogens with one attached hydrogen (secondary N) is 2. The van der Waals surface area contributed by atoms with Crippen LogP contribution in [0.3, 0.4) is 0 Å². The first-order valence-electron chi connectivity index (χ1n) is 9.05. The van der Waals surface area contributed by atoms with Crippen molar-refractivity contribution in [3.05, 3.63) is 54.2 Å². The molecule has 1 fully saturated rings. The number of methoxy groups -OCH3 is 1. The van der Waals surface area contributed by atoms with Gasteiger partial charge in [-0.25, -0.2) is 4.98 Å². The Bertz CT molecular complexity index is 955. The number of aromatic amines is 1. The number of carbonyl (C=O) groups is 1. The number of amides is 1. The molecule has 0 saturated heterocycles. The Balaban J connectivity index is 1.41. The molecule has 0 spiro atoms. The second-order valence-corrected chi connectivity index (χ2v) is 7.15. The van der Waals surface area contributed by atoms with Gasteiger partial charge in [-0.2, -0.15) is 5.10 Å². The maximum Gasteiger partial charge on any atom is 0.269 e. The first kappa shape index (κ1) is 17.3. The highest BCUT2D eigenvalue weighted by Gasteiger charge is 2.43. The number of aromatic nitrogens is 4.